The van der Waals surface area contributed by atoms with Gasteiger partial charge in [0.15, 0.2) is 28.9 Å². The Morgan fingerprint density at radius 2 is 0.913 bits per heavy atom. The summed E-state index contributed by atoms with van der Waals surface area (Å²) in [6.07, 6.45) is 2.25. The standard InChI is InChI=1S/2C6H12O2.C5H11NO2.C5H10O3.2C5H10O2/c1-4-6(7)5(2)8-3;1-3-4-6(7)5-8-2;1-6(2)5(7)4-8-3;1-7-3-5(6)4-8-2;1-4(6)5(2)7-3;1-3-5(6)4-7-2/h5H,4H2,1-3H3;3-5H2,1-2H3;4H2,1-3H3;3-4H2,1-2H3;5H,1-3H3;3-4H2,1-2H3. The number of carbonyl (C=O) groups is 6. The molecule has 0 N–H and O–H groups in total. The van der Waals surface area contributed by atoms with Crippen LogP contribution in [0.25, 0.3) is 0 Å². The monoisotopic (exact) mass is 671 g/mol. The molecule has 2 unspecified atom stereocenters. The Hall–Kier alpha value is -2.46. The van der Waals surface area contributed by atoms with Crippen LogP contribution in [0.4, 0.5) is 0 Å². The van der Waals surface area contributed by atoms with Gasteiger partial charge in [0.1, 0.15) is 45.2 Å². The highest BCUT2D eigenvalue weighted by molar-refractivity contribution is 5.82. The Morgan fingerprint density at radius 1 is 0.543 bits per heavy atom. The average molecular weight is 672 g/mol. The molecular formula is C32H65NO13. The molecule has 0 aromatic carbocycles. The molecule has 0 aliphatic heterocycles. The highest BCUT2D eigenvalue weighted by Gasteiger charge is 2.06. The van der Waals surface area contributed by atoms with Crippen LogP contribution in [-0.2, 0) is 61.9 Å². The second-order valence-corrected chi connectivity index (χ2v) is 9.36. The number of likely N-dealkylation sites (N-methyl/N-ethyl adjacent to an activating group) is 1. The third-order valence-electron chi connectivity index (χ3n) is 4.99. The summed E-state index contributed by atoms with van der Waals surface area (Å²) in [5.41, 5.74) is 0. The van der Waals surface area contributed by atoms with E-state index in [-0.39, 0.29) is 80.1 Å². The molecule has 0 aromatic heterocycles. The van der Waals surface area contributed by atoms with E-state index in [2.05, 4.69) is 28.4 Å². The lowest BCUT2D eigenvalue weighted by atomic mass is 10.2. The van der Waals surface area contributed by atoms with Gasteiger partial charge in [-0.3, -0.25) is 28.8 Å². The maximum atomic E-state index is 10.6. The van der Waals surface area contributed by atoms with Gasteiger partial charge in [-0.25, -0.2) is 0 Å². The van der Waals surface area contributed by atoms with E-state index in [4.69, 9.17) is 4.74 Å². The van der Waals surface area contributed by atoms with Crippen molar-refractivity contribution in [1.29, 1.82) is 0 Å². The topological polar surface area (TPSA) is 170 Å². The summed E-state index contributed by atoms with van der Waals surface area (Å²) in [7, 11) is 14.0. The van der Waals surface area contributed by atoms with E-state index in [1.165, 1.54) is 61.6 Å². The fourth-order valence-corrected chi connectivity index (χ4v) is 1.98. The minimum absolute atomic E-state index is 0.00694. The molecule has 0 spiro atoms. The van der Waals surface area contributed by atoms with Crippen LogP contribution >= 0.6 is 0 Å². The fraction of sp³-hybridized carbons (Fsp3) is 0.812. The third-order valence-corrected chi connectivity index (χ3v) is 4.99. The van der Waals surface area contributed by atoms with Gasteiger partial charge in [0.05, 0.1) is 0 Å². The van der Waals surface area contributed by atoms with E-state index in [1.54, 1.807) is 27.9 Å². The maximum absolute atomic E-state index is 10.6. The zero-order valence-electron chi connectivity index (χ0n) is 31.3. The lowest BCUT2D eigenvalue weighted by Crippen LogP contribution is -2.25. The van der Waals surface area contributed by atoms with E-state index in [0.29, 0.717) is 19.3 Å². The van der Waals surface area contributed by atoms with E-state index in [1.807, 2.05) is 20.8 Å². The molecule has 0 radical (unpaired) electrons. The molecule has 1 amide bonds. The summed E-state index contributed by atoms with van der Waals surface area (Å²) >= 11 is 0. The quantitative estimate of drug-likeness (QED) is 0.209. The Balaban J connectivity index is -0.000000104. The molecule has 14 heteroatoms. The summed E-state index contributed by atoms with van der Waals surface area (Å²) in [4.78, 5) is 64.1. The van der Waals surface area contributed by atoms with Crippen LogP contribution in [0.15, 0.2) is 0 Å². The van der Waals surface area contributed by atoms with E-state index >= 15 is 0 Å². The van der Waals surface area contributed by atoms with Gasteiger partial charge in [-0.05, 0) is 27.2 Å². The number of Topliss-reactive ketones (excluding diaryl/α,β-unsaturated/α-hetero) is 5. The van der Waals surface area contributed by atoms with Gasteiger partial charge in [-0.1, -0.05) is 20.8 Å². The molecule has 276 valence electrons. The number of hydrogen-bond donors (Lipinski definition) is 0. The molecule has 0 heterocycles. The Bertz CT molecular complexity index is 704. The normalized spacial score (nSPS) is 10.5. The van der Waals surface area contributed by atoms with Gasteiger partial charge in [-0.15, -0.1) is 0 Å². The van der Waals surface area contributed by atoms with Crippen LogP contribution in [0.1, 0.15) is 67.2 Å². The number of ketones is 5. The fourth-order valence-electron chi connectivity index (χ4n) is 1.98. The number of carbonyl (C=O) groups excluding carboxylic acids is 6. The minimum Gasteiger partial charge on any atom is -0.377 e. The molecule has 0 saturated carbocycles. The smallest absolute Gasteiger partial charge is 0.248 e. The zero-order valence-corrected chi connectivity index (χ0v) is 31.3. The van der Waals surface area contributed by atoms with Crippen molar-refractivity contribution in [2.75, 3.05) is 96.9 Å². The summed E-state index contributed by atoms with van der Waals surface area (Å²) in [6.45, 7) is 11.6. The SMILES string of the molecule is CCC(=O)C(C)OC.CCC(=O)COC.CCCC(=O)COC.COC(C)C(C)=O.COCC(=O)COC.COCC(=O)N(C)C. The molecule has 0 bridgehead atoms. The van der Waals surface area contributed by atoms with Gasteiger partial charge in [-0.2, -0.15) is 0 Å². The van der Waals surface area contributed by atoms with Gasteiger partial charge < -0.3 is 38.1 Å². The van der Waals surface area contributed by atoms with Crippen molar-refractivity contribution in [3.63, 3.8) is 0 Å². The van der Waals surface area contributed by atoms with Crippen molar-refractivity contribution < 1.29 is 61.9 Å². The first kappa shape index (κ1) is 55.9. The van der Waals surface area contributed by atoms with Crippen molar-refractivity contribution in [2.45, 2.75) is 79.4 Å². The van der Waals surface area contributed by atoms with E-state index in [9.17, 15) is 28.8 Å². The highest BCUT2D eigenvalue weighted by atomic mass is 16.5. The average Bonchev–Trinajstić information content (AvgIpc) is 3.02. The summed E-state index contributed by atoms with van der Waals surface area (Å²) < 4.78 is 32.2. The van der Waals surface area contributed by atoms with Crippen molar-refractivity contribution >= 4 is 34.8 Å². The predicted octanol–water partition coefficient (Wildman–Crippen LogP) is 2.79. The summed E-state index contributed by atoms with van der Waals surface area (Å²) in [6, 6.07) is 0. The van der Waals surface area contributed by atoms with E-state index in [0.717, 1.165) is 6.42 Å². The lowest BCUT2D eigenvalue weighted by Gasteiger charge is -2.07. The molecule has 0 saturated heterocycles. The Kier molecular flexibility index (Phi) is 54.3. The largest absolute Gasteiger partial charge is 0.377 e. The number of nitrogens with zero attached hydrogens (tertiary/aromatic N) is 1. The van der Waals surface area contributed by atoms with Gasteiger partial charge in [0.2, 0.25) is 5.91 Å². The molecular weight excluding hydrogens is 606 g/mol. The minimum atomic E-state index is -0.236. The maximum Gasteiger partial charge on any atom is 0.248 e. The van der Waals surface area contributed by atoms with Crippen LogP contribution in [0.5, 0.6) is 0 Å². The Labute approximate surface area is 278 Å². The Morgan fingerprint density at radius 3 is 1.09 bits per heavy atom. The molecule has 0 rings (SSSR count). The second kappa shape index (κ2) is 44.7. The molecule has 2 atom stereocenters. The van der Waals surface area contributed by atoms with Crippen molar-refractivity contribution in [3.8, 4) is 0 Å². The molecule has 0 aromatic rings. The number of methoxy groups -OCH3 is 7. The van der Waals surface area contributed by atoms with Crippen molar-refractivity contribution in [3.05, 3.63) is 0 Å². The first-order valence-corrected chi connectivity index (χ1v) is 14.8. The van der Waals surface area contributed by atoms with Crippen molar-refractivity contribution in [2.24, 2.45) is 0 Å². The van der Waals surface area contributed by atoms with Gasteiger partial charge in [0.25, 0.3) is 0 Å². The van der Waals surface area contributed by atoms with Crippen LogP contribution in [0.3, 0.4) is 0 Å². The first-order chi connectivity index (χ1) is 21.5. The predicted molar refractivity (Wildman–Crippen MR) is 177 cm³/mol. The lowest BCUT2D eigenvalue weighted by molar-refractivity contribution is -0.132. The van der Waals surface area contributed by atoms with Crippen LogP contribution < -0.4 is 0 Å². The molecule has 0 fully saturated rings. The summed E-state index contributed by atoms with van der Waals surface area (Å²) in [5, 5.41) is 0. The van der Waals surface area contributed by atoms with Crippen LogP contribution in [-0.4, -0.2) is 149 Å². The van der Waals surface area contributed by atoms with Crippen molar-refractivity contribution in [1.82, 2.24) is 4.90 Å². The molecule has 46 heavy (non-hydrogen) atoms. The van der Waals surface area contributed by atoms with Crippen LogP contribution in [0.2, 0.25) is 0 Å². The second-order valence-electron chi connectivity index (χ2n) is 9.36. The molecule has 0 aliphatic carbocycles. The summed E-state index contributed by atoms with van der Waals surface area (Å²) in [5.74, 6) is 0.537. The molecule has 14 nitrogen and oxygen atoms in total. The van der Waals surface area contributed by atoms with E-state index < -0.39 is 0 Å². The van der Waals surface area contributed by atoms with Gasteiger partial charge >= 0.3 is 0 Å². The third kappa shape index (κ3) is 54.1. The number of ether oxygens (including phenoxy) is 7. The number of amides is 1. The number of rotatable bonds is 18. The zero-order chi connectivity index (χ0) is 37.5. The number of hydrogen-bond acceptors (Lipinski definition) is 13. The highest BCUT2D eigenvalue weighted by Crippen LogP contribution is 1.92. The first-order valence-electron chi connectivity index (χ1n) is 14.8. The van der Waals surface area contributed by atoms with Crippen LogP contribution in [0, 0.1) is 0 Å². The molecule has 0 aliphatic rings. The van der Waals surface area contributed by atoms with Gasteiger partial charge in [0, 0.05) is 83.1 Å².